The SMILES string of the molecule is CC(N(C)c1ccc(CCl)nn1)C(C)(C)C. The molecule has 0 aliphatic rings. The van der Waals surface area contributed by atoms with E-state index in [-0.39, 0.29) is 5.41 Å². The Morgan fingerprint density at radius 1 is 1.31 bits per heavy atom. The smallest absolute Gasteiger partial charge is 0.151 e. The molecule has 0 amide bonds. The topological polar surface area (TPSA) is 29.0 Å². The molecule has 0 aliphatic carbocycles. The first-order valence-electron chi connectivity index (χ1n) is 5.47. The molecule has 4 heteroatoms. The Labute approximate surface area is 103 Å². The molecule has 1 unspecified atom stereocenters. The zero-order chi connectivity index (χ0) is 12.3. The van der Waals surface area contributed by atoms with Crippen molar-refractivity contribution in [2.75, 3.05) is 11.9 Å². The van der Waals surface area contributed by atoms with Crippen LogP contribution < -0.4 is 4.90 Å². The molecule has 0 spiro atoms. The molecule has 0 bridgehead atoms. The molecular formula is C12H20ClN3. The van der Waals surface area contributed by atoms with E-state index in [1.54, 1.807) is 0 Å². The lowest BCUT2D eigenvalue weighted by atomic mass is 9.87. The summed E-state index contributed by atoms with van der Waals surface area (Å²) < 4.78 is 0. The maximum absolute atomic E-state index is 5.68. The summed E-state index contributed by atoms with van der Waals surface area (Å²) >= 11 is 5.68. The van der Waals surface area contributed by atoms with E-state index in [0.717, 1.165) is 11.5 Å². The van der Waals surface area contributed by atoms with E-state index in [4.69, 9.17) is 11.6 Å². The zero-order valence-corrected chi connectivity index (χ0v) is 11.4. The number of rotatable bonds is 3. The van der Waals surface area contributed by atoms with Crippen LogP contribution in [-0.4, -0.2) is 23.3 Å². The van der Waals surface area contributed by atoms with E-state index in [1.807, 2.05) is 19.2 Å². The molecule has 1 rings (SSSR count). The second-order valence-electron chi connectivity index (χ2n) is 5.17. The van der Waals surface area contributed by atoms with Gasteiger partial charge in [-0.05, 0) is 24.5 Å². The highest BCUT2D eigenvalue weighted by Crippen LogP contribution is 2.25. The Kier molecular flexibility index (Phi) is 4.14. The fourth-order valence-corrected chi connectivity index (χ4v) is 1.53. The maximum Gasteiger partial charge on any atom is 0.151 e. The van der Waals surface area contributed by atoms with Crippen LogP contribution in [0.1, 0.15) is 33.4 Å². The summed E-state index contributed by atoms with van der Waals surface area (Å²) in [7, 11) is 2.04. The molecule has 16 heavy (non-hydrogen) atoms. The van der Waals surface area contributed by atoms with Crippen LogP contribution in [0.4, 0.5) is 5.82 Å². The molecule has 1 atom stereocenters. The van der Waals surface area contributed by atoms with Gasteiger partial charge in [0.2, 0.25) is 0 Å². The predicted molar refractivity (Wildman–Crippen MR) is 68.9 cm³/mol. The number of halogens is 1. The van der Waals surface area contributed by atoms with Crippen molar-refractivity contribution in [2.24, 2.45) is 5.41 Å². The highest BCUT2D eigenvalue weighted by atomic mass is 35.5. The minimum absolute atomic E-state index is 0.210. The summed E-state index contributed by atoms with van der Waals surface area (Å²) in [6, 6.07) is 4.28. The van der Waals surface area contributed by atoms with Crippen molar-refractivity contribution in [3.8, 4) is 0 Å². The fourth-order valence-electron chi connectivity index (χ4n) is 1.39. The van der Waals surface area contributed by atoms with Crippen LogP contribution in [0, 0.1) is 5.41 Å². The first-order chi connectivity index (χ1) is 7.36. The second kappa shape index (κ2) is 5.00. The largest absolute Gasteiger partial charge is 0.355 e. The van der Waals surface area contributed by atoms with Gasteiger partial charge in [0, 0.05) is 13.1 Å². The van der Waals surface area contributed by atoms with E-state index >= 15 is 0 Å². The third kappa shape index (κ3) is 3.08. The van der Waals surface area contributed by atoms with Gasteiger partial charge in [-0.25, -0.2) is 0 Å². The Bertz CT molecular complexity index is 329. The molecule has 3 nitrogen and oxygen atoms in total. The molecule has 0 aromatic carbocycles. The Hall–Kier alpha value is -0.830. The minimum atomic E-state index is 0.210. The molecule has 0 saturated heterocycles. The van der Waals surface area contributed by atoms with E-state index < -0.39 is 0 Å². The van der Waals surface area contributed by atoms with Crippen molar-refractivity contribution in [1.29, 1.82) is 0 Å². The van der Waals surface area contributed by atoms with Gasteiger partial charge in [-0.15, -0.1) is 16.7 Å². The van der Waals surface area contributed by atoms with Crippen molar-refractivity contribution in [1.82, 2.24) is 10.2 Å². The van der Waals surface area contributed by atoms with E-state index in [2.05, 4.69) is 42.8 Å². The van der Waals surface area contributed by atoms with Crippen molar-refractivity contribution in [3.63, 3.8) is 0 Å². The summed E-state index contributed by atoms with van der Waals surface area (Å²) in [5.41, 5.74) is 1.02. The van der Waals surface area contributed by atoms with Gasteiger partial charge in [0.25, 0.3) is 0 Å². The number of hydrogen-bond acceptors (Lipinski definition) is 3. The van der Waals surface area contributed by atoms with E-state index in [0.29, 0.717) is 11.9 Å². The molecule has 0 radical (unpaired) electrons. The summed E-state index contributed by atoms with van der Waals surface area (Å²) in [5, 5.41) is 8.23. The zero-order valence-electron chi connectivity index (χ0n) is 10.7. The lowest BCUT2D eigenvalue weighted by molar-refractivity contribution is 0.328. The van der Waals surface area contributed by atoms with Crippen molar-refractivity contribution < 1.29 is 0 Å². The van der Waals surface area contributed by atoms with Crippen LogP contribution >= 0.6 is 11.6 Å². The quantitative estimate of drug-likeness (QED) is 0.762. The van der Waals surface area contributed by atoms with Crippen LogP contribution in [-0.2, 0) is 5.88 Å². The summed E-state index contributed by atoms with van der Waals surface area (Å²) in [4.78, 5) is 2.14. The maximum atomic E-state index is 5.68. The van der Waals surface area contributed by atoms with Crippen LogP contribution in [0.5, 0.6) is 0 Å². The third-order valence-electron chi connectivity index (χ3n) is 3.04. The van der Waals surface area contributed by atoms with Gasteiger partial charge in [0.05, 0.1) is 11.6 Å². The van der Waals surface area contributed by atoms with Crippen LogP contribution in [0.25, 0.3) is 0 Å². The molecule has 1 aromatic heterocycles. The molecule has 0 N–H and O–H groups in total. The molecule has 0 aliphatic heterocycles. The highest BCUT2D eigenvalue weighted by Gasteiger charge is 2.24. The van der Waals surface area contributed by atoms with Crippen molar-refractivity contribution in [2.45, 2.75) is 39.6 Å². The number of nitrogens with zero attached hydrogens (tertiary/aromatic N) is 3. The van der Waals surface area contributed by atoms with Gasteiger partial charge in [-0.1, -0.05) is 20.8 Å². The summed E-state index contributed by atoms with van der Waals surface area (Å²) in [6.07, 6.45) is 0. The second-order valence-corrected chi connectivity index (χ2v) is 5.44. The highest BCUT2D eigenvalue weighted by molar-refractivity contribution is 6.16. The fraction of sp³-hybridized carbons (Fsp3) is 0.667. The third-order valence-corrected chi connectivity index (χ3v) is 3.31. The van der Waals surface area contributed by atoms with Gasteiger partial charge in [0.15, 0.2) is 5.82 Å². The molecule has 1 heterocycles. The average Bonchev–Trinajstić information content (AvgIpc) is 2.26. The van der Waals surface area contributed by atoms with Crippen molar-refractivity contribution >= 4 is 17.4 Å². The van der Waals surface area contributed by atoms with Crippen LogP contribution in [0.15, 0.2) is 12.1 Å². The number of aromatic nitrogens is 2. The standard InChI is InChI=1S/C12H20ClN3/c1-9(12(2,3)4)16(5)11-7-6-10(8-13)14-15-11/h6-7,9H,8H2,1-5H3. The molecular weight excluding hydrogens is 222 g/mol. The Morgan fingerprint density at radius 3 is 2.31 bits per heavy atom. The predicted octanol–water partition coefficient (Wildman–Crippen LogP) is 3.09. The van der Waals surface area contributed by atoms with E-state index in [9.17, 15) is 0 Å². The number of hydrogen-bond donors (Lipinski definition) is 0. The average molecular weight is 242 g/mol. The van der Waals surface area contributed by atoms with Crippen LogP contribution in [0.2, 0.25) is 0 Å². The minimum Gasteiger partial charge on any atom is -0.355 e. The monoisotopic (exact) mass is 241 g/mol. The van der Waals surface area contributed by atoms with Gasteiger partial charge in [-0.3, -0.25) is 0 Å². The Balaban J connectivity index is 2.84. The normalized spacial score (nSPS) is 13.6. The van der Waals surface area contributed by atoms with Gasteiger partial charge < -0.3 is 4.90 Å². The first kappa shape index (κ1) is 13.2. The number of anilines is 1. The summed E-state index contributed by atoms with van der Waals surface area (Å²) in [5.74, 6) is 1.29. The van der Waals surface area contributed by atoms with E-state index in [1.165, 1.54) is 0 Å². The molecule has 90 valence electrons. The van der Waals surface area contributed by atoms with Gasteiger partial charge >= 0.3 is 0 Å². The van der Waals surface area contributed by atoms with Gasteiger partial charge in [-0.2, -0.15) is 5.10 Å². The van der Waals surface area contributed by atoms with Crippen molar-refractivity contribution in [3.05, 3.63) is 17.8 Å². The Morgan fingerprint density at radius 2 is 1.94 bits per heavy atom. The number of alkyl halides is 1. The lowest BCUT2D eigenvalue weighted by Gasteiger charge is -2.35. The molecule has 1 aromatic rings. The summed E-state index contributed by atoms with van der Waals surface area (Å²) in [6.45, 7) is 8.84. The molecule has 0 fully saturated rings. The van der Waals surface area contributed by atoms with Crippen LogP contribution in [0.3, 0.4) is 0 Å². The molecule has 0 saturated carbocycles. The lowest BCUT2D eigenvalue weighted by Crippen LogP contribution is -2.39. The van der Waals surface area contributed by atoms with Gasteiger partial charge in [0.1, 0.15) is 0 Å². The first-order valence-corrected chi connectivity index (χ1v) is 6.01.